The number of methoxy groups -OCH3 is 1. The lowest BCUT2D eigenvalue weighted by molar-refractivity contribution is 0.196. The molecular weight excluding hydrogens is 214 g/mol. The van der Waals surface area contributed by atoms with Crippen LogP contribution in [0.3, 0.4) is 0 Å². The fraction of sp³-hybridized carbons (Fsp3) is 0.600. The summed E-state index contributed by atoms with van der Waals surface area (Å²) in [6.45, 7) is 1.67. The zero-order valence-corrected chi connectivity index (χ0v) is 9.87. The van der Waals surface area contributed by atoms with Crippen molar-refractivity contribution in [1.82, 2.24) is 9.97 Å². The molecule has 0 radical (unpaired) electrons. The molecule has 1 aromatic heterocycles. The molecule has 84 valence electrons. The summed E-state index contributed by atoms with van der Waals surface area (Å²) in [5.41, 5.74) is 0.797. The Morgan fingerprint density at radius 1 is 1.40 bits per heavy atom. The number of hydrogen-bond donors (Lipinski definition) is 0. The van der Waals surface area contributed by atoms with Gasteiger partial charge in [0.15, 0.2) is 0 Å². The number of halogens is 1. The van der Waals surface area contributed by atoms with Crippen LogP contribution in [0.5, 0.6) is 0 Å². The average Bonchev–Trinajstić information content (AvgIpc) is 2.29. The average molecular weight is 230 g/mol. The molecule has 0 spiro atoms. The van der Waals surface area contributed by atoms with Crippen LogP contribution in [0.2, 0.25) is 0 Å². The second-order valence-corrected chi connectivity index (χ2v) is 3.53. The van der Waals surface area contributed by atoms with Crippen LogP contribution in [-0.4, -0.2) is 37.3 Å². The van der Waals surface area contributed by atoms with Crippen LogP contribution < -0.4 is 4.90 Å². The summed E-state index contributed by atoms with van der Waals surface area (Å²) in [6.07, 6.45) is 4.42. The molecule has 0 saturated carbocycles. The number of nitrogens with zero attached hydrogens (tertiary/aromatic N) is 3. The molecule has 1 aromatic rings. The summed E-state index contributed by atoms with van der Waals surface area (Å²) in [7, 11) is 3.69. The van der Waals surface area contributed by atoms with E-state index in [1.807, 2.05) is 11.9 Å². The van der Waals surface area contributed by atoms with Crippen molar-refractivity contribution in [1.29, 1.82) is 0 Å². The van der Waals surface area contributed by atoms with Gasteiger partial charge in [-0.25, -0.2) is 4.98 Å². The van der Waals surface area contributed by atoms with Crippen LogP contribution in [-0.2, 0) is 10.6 Å². The Balaban J connectivity index is 2.46. The van der Waals surface area contributed by atoms with Crippen molar-refractivity contribution in [2.24, 2.45) is 0 Å². The van der Waals surface area contributed by atoms with Crippen LogP contribution in [0.25, 0.3) is 0 Å². The molecule has 0 aliphatic rings. The van der Waals surface area contributed by atoms with Gasteiger partial charge in [0.05, 0.1) is 24.0 Å². The van der Waals surface area contributed by atoms with E-state index in [1.165, 1.54) is 0 Å². The number of rotatable bonds is 6. The Morgan fingerprint density at radius 2 is 2.20 bits per heavy atom. The Morgan fingerprint density at radius 3 is 2.73 bits per heavy atom. The maximum absolute atomic E-state index is 5.63. The van der Waals surface area contributed by atoms with Gasteiger partial charge in [0.25, 0.3) is 0 Å². The van der Waals surface area contributed by atoms with E-state index in [-0.39, 0.29) is 0 Å². The molecule has 0 aromatic carbocycles. The molecule has 0 saturated heterocycles. The second-order valence-electron chi connectivity index (χ2n) is 3.27. The molecule has 0 aliphatic heterocycles. The largest absolute Gasteiger partial charge is 0.385 e. The van der Waals surface area contributed by atoms with E-state index in [4.69, 9.17) is 16.3 Å². The zero-order valence-electron chi connectivity index (χ0n) is 9.11. The molecule has 1 heterocycles. The standard InChI is InChI=1S/C10H16ClN3O/c1-14(4-3-5-15-2)10-8-12-9(6-11)7-13-10/h7-8H,3-6H2,1-2H3. The minimum Gasteiger partial charge on any atom is -0.385 e. The zero-order chi connectivity index (χ0) is 11.1. The van der Waals surface area contributed by atoms with E-state index in [0.29, 0.717) is 5.88 Å². The molecule has 1 rings (SSSR count). The Kier molecular flexibility index (Phi) is 5.36. The maximum Gasteiger partial charge on any atom is 0.146 e. The predicted octanol–water partition coefficient (Wildman–Crippen LogP) is 1.69. The van der Waals surface area contributed by atoms with Crippen molar-refractivity contribution < 1.29 is 4.74 Å². The molecular formula is C10H16ClN3O. The Labute approximate surface area is 95.2 Å². The summed E-state index contributed by atoms with van der Waals surface area (Å²) in [5.74, 6) is 1.26. The van der Waals surface area contributed by atoms with Gasteiger partial charge in [-0.15, -0.1) is 11.6 Å². The molecule has 0 atom stereocenters. The third-order valence-electron chi connectivity index (χ3n) is 2.06. The predicted molar refractivity (Wildman–Crippen MR) is 61.4 cm³/mol. The van der Waals surface area contributed by atoms with Gasteiger partial charge < -0.3 is 9.64 Å². The molecule has 15 heavy (non-hydrogen) atoms. The lowest BCUT2D eigenvalue weighted by Crippen LogP contribution is -2.21. The minimum atomic E-state index is 0.403. The summed E-state index contributed by atoms with van der Waals surface area (Å²) >= 11 is 5.63. The van der Waals surface area contributed by atoms with Crippen LogP contribution in [0.4, 0.5) is 5.82 Å². The maximum atomic E-state index is 5.63. The first-order chi connectivity index (χ1) is 7.27. The van der Waals surface area contributed by atoms with Crippen molar-refractivity contribution in [3.63, 3.8) is 0 Å². The van der Waals surface area contributed by atoms with Gasteiger partial charge in [-0.05, 0) is 6.42 Å². The summed E-state index contributed by atoms with van der Waals surface area (Å²) in [5, 5.41) is 0. The number of anilines is 1. The van der Waals surface area contributed by atoms with Crippen molar-refractivity contribution >= 4 is 17.4 Å². The minimum absolute atomic E-state index is 0.403. The fourth-order valence-corrected chi connectivity index (χ4v) is 1.31. The van der Waals surface area contributed by atoms with E-state index >= 15 is 0 Å². The highest BCUT2D eigenvalue weighted by Crippen LogP contribution is 2.08. The molecule has 0 amide bonds. The van der Waals surface area contributed by atoms with Crippen molar-refractivity contribution in [2.45, 2.75) is 12.3 Å². The molecule has 0 bridgehead atoms. The van der Waals surface area contributed by atoms with Crippen molar-refractivity contribution in [2.75, 3.05) is 32.2 Å². The van der Waals surface area contributed by atoms with E-state index in [2.05, 4.69) is 9.97 Å². The number of alkyl halides is 1. The van der Waals surface area contributed by atoms with E-state index in [1.54, 1.807) is 19.5 Å². The molecule has 5 heteroatoms. The topological polar surface area (TPSA) is 38.2 Å². The van der Waals surface area contributed by atoms with E-state index in [9.17, 15) is 0 Å². The van der Waals surface area contributed by atoms with Gasteiger partial charge in [-0.3, -0.25) is 4.98 Å². The summed E-state index contributed by atoms with van der Waals surface area (Å²) in [6, 6.07) is 0. The molecule has 0 unspecified atom stereocenters. The molecule has 0 aliphatic carbocycles. The highest BCUT2D eigenvalue weighted by Gasteiger charge is 2.02. The van der Waals surface area contributed by atoms with Crippen molar-refractivity contribution in [3.8, 4) is 0 Å². The molecule has 4 nitrogen and oxygen atoms in total. The highest BCUT2D eigenvalue weighted by atomic mass is 35.5. The van der Waals surface area contributed by atoms with E-state index in [0.717, 1.165) is 31.1 Å². The first-order valence-corrected chi connectivity index (χ1v) is 5.38. The normalized spacial score (nSPS) is 10.3. The summed E-state index contributed by atoms with van der Waals surface area (Å²) in [4.78, 5) is 10.5. The van der Waals surface area contributed by atoms with Crippen LogP contribution in [0.15, 0.2) is 12.4 Å². The first-order valence-electron chi connectivity index (χ1n) is 4.85. The highest BCUT2D eigenvalue weighted by molar-refractivity contribution is 6.16. The van der Waals surface area contributed by atoms with Gasteiger partial charge >= 0.3 is 0 Å². The summed E-state index contributed by atoms with van der Waals surface area (Å²) < 4.78 is 4.98. The van der Waals surface area contributed by atoms with Gasteiger partial charge in [0.2, 0.25) is 0 Å². The quantitative estimate of drug-likeness (QED) is 0.550. The number of hydrogen-bond acceptors (Lipinski definition) is 4. The molecule has 0 fully saturated rings. The first kappa shape index (κ1) is 12.2. The lowest BCUT2D eigenvalue weighted by atomic mass is 10.4. The van der Waals surface area contributed by atoms with Gasteiger partial charge in [0.1, 0.15) is 5.82 Å². The van der Waals surface area contributed by atoms with Gasteiger partial charge in [-0.1, -0.05) is 0 Å². The third kappa shape index (κ3) is 4.01. The van der Waals surface area contributed by atoms with E-state index < -0.39 is 0 Å². The third-order valence-corrected chi connectivity index (χ3v) is 2.34. The van der Waals surface area contributed by atoms with Crippen LogP contribution >= 0.6 is 11.6 Å². The second kappa shape index (κ2) is 6.58. The Hall–Kier alpha value is -0.870. The SMILES string of the molecule is COCCCN(C)c1cnc(CCl)cn1. The lowest BCUT2D eigenvalue weighted by Gasteiger charge is -2.17. The van der Waals surface area contributed by atoms with Gasteiger partial charge in [-0.2, -0.15) is 0 Å². The smallest absolute Gasteiger partial charge is 0.146 e. The van der Waals surface area contributed by atoms with Crippen LogP contribution in [0, 0.1) is 0 Å². The number of aromatic nitrogens is 2. The fourth-order valence-electron chi connectivity index (χ4n) is 1.17. The van der Waals surface area contributed by atoms with Gasteiger partial charge in [0, 0.05) is 27.3 Å². The Bertz CT molecular complexity index is 279. The van der Waals surface area contributed by atoms with Crippen LogP contribution in [0.1, 0.15) is 12.1 Å². The van der Waals surface area contributed by atoms with Crippen molar-refractivity contribution in [3.05, 3.63) is 18.1 Å². The monoisotopic (exact) mass is 229 g/mol. The molecule has 0 N–H and O–H groups in total. The number of ether oxygens (including phenoxy) is 1.